The van der Waals surface area contributed by atoms with Crippen molar-refractivity contribution < 1.29 is 28.3 Å². The van der Waals surface area contributed by atoms with Gasteiger partial charge in [0, 0.05) is 42.0 Å². The number of pyridine rings is 1. The first kappa shape index (κ1) is 25.8. The van der Waals surface area contributed by atoms with E-state index >= 15 is 0 Å². The predicted molar refractivity (Wildman–Crippen MR) is 139 cm³/mol. The van der Waals surface area contributed by atoms with Crippen molar-refractivity contribution in [2.24, 2.45) is 0 Å². The van der Waals surface area contributed by atoms with Gasteiger partial charge in [-0.3, -0.25) is 19.6 Å². The molecule has 0 unspecified atom stereocenters. The van der Waals surface area contributed by atoms with Gasteiger partial charge in [0.2, 0.25) is 5.91 Å². The second-order valence-corrected chi connectivity index (χ2v) is 9.04. The van der Waals surface area contributed by atoms with Crippen molar-refractivity contribution in [3.05, 3.63) is 71.7 Å². The molecular formula is C27H24F2N6O4. The first-order valence-electron chi connectivity index (χ1n) is 12.1. The summed E-state index contributed by atoms with van der Waals surface area (Å²) in [6.07, 6.45) is 0.0326. The maximum Gasteiger partial charge on any atom is 0.411 e. The number of alkyl halides is 2. The lowest BCUT2D eigenvalue weighted by molar-refractivity contribution is -0.121. The van der Waals surface area contributed by atoms with E-state index in [0.717, 1.165) is 5.56 Å². The molecule has 2 aromatic carbocycles. The van der Waals surface area contributed by atoms with Gasteiger partial charge < -0.3 is 15.3 Å². The SMILES string of the molecule is CNC(=O)Cn1cc(-c2cc3c(cc2C(F)F)N(c2nc(C(=O)NC(=O)O)cc4ccccc24)CCC3)cn1. The summed E-state index contributed by atoms with van der Waals surface area (Å²) in [7, 11) is 1.50. The largest absolute Gasteiger partial charge is 0.465 e. The first-order valence-corrected chi connectivity index (χ1v) is 12.1. The highest BCUT2D eigenvalue weighted by atomic mass is 19.3. The number of hydrogen-bond acceptors (Lipinski definition) is 6. The third-order valence-electron chi connectivity index (χ3n) is 6.56. The molecule has 200 valence electrons. The second kappa shape index (κ2) is 10.5. The van der Waals surface area contributed by atoms with E-state index in [2.05, 4.69) is 15.4 Å². The number of aromatic nitrogens is 3. The zero-order valence-corrected chi connectivity index (χ0v) is 20.8. The zero-order chi connectivity index (χ0) is 27.7. The average Bonchev–Trinajstić information content (AvgIpc) is 3.39. The van der Waals surface area contributed by atoms with E-state index in [-0.39, 0.29) is 23.7 Å². The molecule has 0 fully saturated rings. The van der Waals surface area contributed by atoms with Crippen LogP contribution in [0.3, 0.4) is 0 Å². The average molecular weight is 535 g/mol. The van der Waals surface area contributed by atoms with Crippen molar-refractivity contribution in [2.75, 3.05) is 18.5 Å². The highest BCUT2D eigenvalue weighted by molar-refractivity contribution is 6.05. The van der Waals surface area contributed by atoms with Crippen molar-refractivity contribution >= 4 is 40.2 Å². The molecule has 0 saturated heterocycles. The Labute approximate surface area is 221 Å². The van der Waals surface area contributed by atoms with Crippen LogP contribution in [-0.2, 0) is 17.8 Å². The van der Waals surface area contributed by atoms with Crippen LogP contribution in [0.5, 0.6) is 0 Å². The van der Waals surface area contributed by atoms with Gasteiger partial charge in [-0.15, -0.1) is 0 Å². The van der Waals surface area contributed by atoms with Crippen LogP contribution in [0.4, 0.5) is 25.1 Å². The summed E-state index contributed by atoms with van der Waals surface area (Å²) in [5.41, 5.74) is 1.82. The summed E-state index contributed by atoms with van der Waals surface area (Å²) < 4.78 is 30.2. The standard InChI is InChI=1S/C27H24F2N6O4/c1-30-23(36)14-34-13-17(12-31-34)19-9-16-6-4-8-35(22(16)11-20(19)24(28)29)25-18-7-3-2-5-15(18)10-21(32-25)26(37)33-27(38)39/h2-3,5,7,9-13,24H,4,6,8,14H2,1H3,(H,30,36)(H,33,37)(H,38,39). The van der Waals surface area contributed by atoms with Crippen molar-refractivity contribution in [1.29, 1.82) is 0 Å². The van der Waals surface area contributed by atoms with E-state index in [1.807, 2.05) is 6.07 Å². The van der Waals surface area contributed by atoms with E-state index in [0.29, 0.717) is 52.8 Å². The summed E-state index contributed by atoms with van der Waals surface area (Å²) in [6, 6.07) is 11.8. The van der Waals surface area contributed by atoms with Gasteiger partial charge in [-0.1, -0.05) is 24.3 Å². The van der Waals surface area contributed by atoms with Gasteiger partial charge in [0.15, 0.2) is 0 Å². The number of imide groups is 1. The van der Waals surface area contributed by atoms with Crippen molar-refractivity contribution in [3.63, 3.8) is 0 Å². The molecule has 39 heavy (non-hydrogen) atoms. The monoisotopic (exact) mass is 534 g/mol. The number of anilines is 2. The molecule has 0 saturated carbocycles. The fourth-order valence-electron chi connectivity index (χ4n) is 4.78. The van der Waals surface area contributed by atoms with Crippen molar-refractivity contribution in [3.8, 4) is 11.1 Å². The lowest BCUT2D eigenvalue weighted by Gasteiger charge is -2.32. The highest BCUT2D eigenvalue weighted by Gasteiger charge is 2.27. The van der Waals surface area contributed by atoms with Crippen LogP contribution in [-0.4, -0.2) is 51.4 Å². The minimum Gasteiger partial charge on any atom is -0.465 e. The first-order chi connectivity index (χ1) is 18.7. The van der Waals surface area contributed by atoms with E-state index in [1.165, 1.54) is 30.1 Å². The van der Waals surface area contributed by atoms with Crippen LogP contribution < -0.4 is 15.5 Å². The summed E-state index contributed by atoms with van der Waals surface area (Å²) >= 11 is 0. The third kappa shape index (κ3) is 5.13. The Kier molecular flexibility index (Phi) is 6.92. The van der Waals surface area contributed by atoms with E-state index in [4.69, 9.17) is 5.11 Å². The van der Waals surface area contributed by atoms with Crippen LogP contribution in [0, 0.1) is 0 Å². The molecule has 3 amide bonds. The number of nitrogens with one attached hydrogen (secondary N) is 2. The molecule has 3 N–H and O–H groups in total. The van der Waals surface area contributed by atoms with Gasteiger partial charge in [0.05, 0.1) is 6.20 Å². The van der Waals surface area contributed by atoms with Gasteiger partial charge in [0.25, 0.3) is 12.3 Å². The van der Waals surface area contributed by atoms with Crippen LogP contribution in [0.15, 0.2) is 54.9 Å². The molecule has 1 aliphatic rings. The van der Waals surface area contributed by atoms with Crippen LogP contribution in [0.25, 0.3) is 21.9 Å². The smallest absolute Gasteiger partial charge is 0.411 e. The Morgan fingerprint density at radius 2 is 1.95 bits per heavy atom. The molecule has 2 aromatic heterocycles. The molecular weight excluding hydrogens is 510 g/mol. The van der Waals surface area contributed by atoms with Gasteiger partial charge >= 0.3 is 6.09 Å². The number of fused-ring (bicyclic) bond motifs is 2. The number of nitrogens with zero attached hydrogens (tertiary/aromatic N) is 4. The molecule has 0 aliphatic carbocycles. The predicted octanol–water partition coefficient (Wildman–Crippen LogP) is 4.27. The topological polar surface area (TPSA) is 129 Å². The number of carbonyl (C=O) groups excluding carboxylic acids is 2. The quantitative estimate of drug-likeness (QED) is 0.337. The number of benzene rings is 2. The Bertz CT molecular complexity index is 1600. The lowest BCUT2D eigenvalue weighted by Crippen LogP contribution is -2.31. The van der Waals surface area contributed by atoms with Crippen molar-refractivity contribution in [2.45, 2.75) is 25.8 Å². The molecule has 4 aromatic rings. The van der Waals surface area contributed by atoms with Gasteiger partial charge in [-0.05, 0) is 47.6 Å². The number of hydrogen-bond donors (Lipinski definition) is 3. The maximum absolute atomic E-state index is 14.4. The summed E-state index contributed by atoms with van der Waals surface area (Å²) in [6.45, 7) is 0.420. The molecule has 0 atom stereocenters. The Morgan fingerprint density at radius 3 is 2.69 bits per heavy atom. The molecule has 0 bridgehead atoms. The second-order valence-electron chi connectivity index (χ2n) is 9.04. The Hall–Kier alpha value is -4.87. The van der Waals surface area contributed by atoms with Gasteiger partial charge in [-0.25, -0.2) is 18.6 Å². The number of amides is 3. The summed E-state index contributed by atoms with van der Waals surface area (Å²) in [5, 5.41) is 18.8. The number of aryl methyl sites for hydroxylation is 1. The number of carboxylic acid groups (broad SMARTS) is 1. The van der Waals surface area contributed by atoms with Crippen molar-refractivity contribution in [1.82, 2.24) is 25.4 Å². The van der Waals surface area contributed by atoms with Crippen LogP contribution in [0.2, 0.25) is 0 Å². The molecule has 1 aliphatic heterocycles. The molecule has 0 radical (unpaired) electrons. The number of rotatable bonds is 6. The van der Waals surface area contributed by atoms with Crippen LogP contribution >= 0.6 is 0 Å². The Morgan fingerprint density at radius 1 is 1.15 bits per heavy atom. The third-order valence-corrected chi connectivity index (χ3v) is 6.56. The van der Waals surface area contributed by atoms with Gasteiger partial charge in [0.1, 0.15) is 18.1 Å². The fraction of sp³-hybridized carbons (Fsp3) is 0.222. The van der Waals surface area contributed by atoms with Crippen LogP contribution in [0.1, 0.15) is 34.5 Å². The van der Waals surface area contributed by atoms with Gasteiger partial charge in [-0.2, -0.15) is 5.10 Å². The minimum atomic E-state index is -2.80. The molecule has 3 heterocycles. The summed E-state index contributed by atoms with van der Waals surface area (Å²) in [5.74, 6) is -0.779. The minimum absolute atomic E-state index is 0.0379. The lowest BCUT2D eigenvalue weighted by atomic mass is 9.93. The normalized spacial score (nSPS) is 12.9. The van der Waals surface area contributed by atoms with E-state index in [9.17, 15) is 23.2 Å². The Balaban J connectivity index is 1.62. The molecule has 0 spiro atoms. The highest BCUT2D eigenvalue weighted by Crippen LogP contribution is 2.42. The summed E-state index contributed by atoms with van der Waals surface area (Å²) in [4.78, 5) is 41.6. The zero-order valence-electron chi connectivity index (χ0n) is 20.8. The number of carbonyl (C=O) groups is 3. The fourth-order valence-corrected chi connectivity index (χ4v) is 4.78. The molecule has 10 nitrogen and oxygen atoms in total. The number of likely N-dealkylation sites (N-methyl/N-ethyl adjacent to an activating group) is 1. The molecule has 12 heteroatoms. The molecule has 5 rings (SSSR count). The van der Waals surface area contributed by atoms with E-state index < -0.39 is 18.4 Å². The van der Waals surface area contributed by atoms with E-state index in [1.54, 1.807) is 40.7 Å². The maximum atomic E-state index is 14.4. The number of halogens is 2.